The molecule has 1 aromatic heterocycles. The number of anilines is 1. The number of nitrogens with zero attached hydrogens (tertiary/aromatic N) is 1. The van der Waals surface area contributed by atoms with Crippen LogP contribution in [0, 0.1) is 0 Å². The van der Waals surface area contributed by atoms with Gasteiger partial charge < -0.3 is 20.1 Å². The number of carbonyl (C=O) groups excluding carboxylic acids is 1. The van der Waals surface area contributed by atoms with Gasteiger partial charge in [0.1, 0.15) is 5.82 Å². The minimum Gasteiger partial charge on any atom is -0.493 e. The quantitative estimate of drug-likeness (QED) is 0.390. The molecule has 1 amide bonds. The maximum absolute atomic E-state index is 12.6. The zero-order chi connectivity index (χ0) is 21.6. The molecule has 0 spiro atoms. The van der Waals surface area contributed by atoms with E-state index < -0.39 is 0 Å². The van der Waals surface area contributed by atoms with E-state index in [-0.39, 0.29) is 5.91 Å². The molecule has 0 aliphatic carbocycles. The van der Waals surface area contributed by atoms with Crippen molar-refractivity contribution in [2.24, 2.45) is 0 Å². The van der Waals surface area contributed by atoms with E-state index in [4.69, 9.17) is 9.47 Å². The topological polar surface area (TPSA) is 72.5 Å². The normalized spacial score (nSPS) is 10.6. The van der Waals surface area contributed by atoms with Crippen LogP contribution in [0.25, 0.3) is 21.2 Å². The van der Waals surface area contributed by atoms with Gasteiger partial charge in [-0.3, -0.25) is 4.79 Å². The van der Waals surface area contributed by atoms with Crippen molar-refractivity contribution in [2.45, 2.75) is 0 Å². The Morgan fingerprint density at radius 1 is 0.903 bits per heavy atom. The Bertz CT molecular complexity index is 1210. The molecular formula is C24H23N3O3S. The summed E-state index contributed by atoms with van der Waals surface area (Å²) >= 11 is 1.46. The summed E-state index contributed by atoms with van der Waals surface area (Å²) in [5.74, 6) is 2.05. The molecule has 0 bridgehead atoms. The smallest absolute Gasteiger partial charge is 0.251 e. The van der Waals surface area contributed by atoms with Crippen LogP contribution in [0.5, 0.6) is 11.5 Å². The highest BCUT2D eigenvalue weighted by atomic mass is 32.1. The minimum absolute atomic E-state index is 0.118. The summed E-state index contributed by atoms with van der Waals surface area (Å²) in [4.78, 5) is 12.6. The first-order valence-electron chi connectivity index (χ1n) is 9.88. The predicted octanol–water partition coefficient (Wildman–Crippen LogP) is 4.82. The molecule has 0 unspecified atom stereocenters. The van der Waals surface area contributed by atoms with Crippen LogP contribution in [0.2, 0.25) is 0 Å². The van der Waals surface area contributed by atoms with Crippen LogP contribution in [0.3, 0.4) is 0 Å². The first-order chi connectivity index (χ1) is 15.2. The summed E-state index contributed by atoms with van der Waals surface area (Å²) in [6.45, 7) is 1.08. The van der Waals surface area contributed by atoms with Crippen LogP contribution in [0.1, 0.15) is 10.4 Å². The van der Waals surface area contributed by atoms with Crippen LogP contribution >= 0.6 is 11.5 Å². The van der Waals surface area contributed by atoms with E-state index >= 15 is 0 Å². The number of ether oxygens (including phenoxy) is 2. The predicted molar refractivity (Wildman–Crippen MR) is 125 cm³/mol. The number of carbonyl (C=O) groups is 1. The van der Waals surface area contributed by atoms with Gasteiger partial charge in [-0.2, -0.15) is 4.37 Å². The summed E-state index contributed by atoms with van der Waals surface area (Å²) in [5.41, 5.74) is 2.48. The first-order valence-corrected chi connectivity index (χ1v) is 10.7. The van der Waals surface area contributed by atoms with Crippen molar-refractivity contribution in [3.63, 3.8) is 0 Å². The van der Waals surface area contributed by atoms with Crippen molar-refractivity contribution >= 4 is 33.3 Å². The van der Waals surface area contributed by atoms with E-state index in [2.05, 4.69) is 15.0 Å². The van der Waals surface area contributed by atoms with Crippen molar-refractivity contribution in [2.75, 3.05) is 32.6 Å². The Kier molecular flexibility index (Phi) is 6.33. The Morgan fingerprint density at radius 2 is 1.71 bits per heavy atom. The van der Waals surface area contributed by atoms with Crippen molar-refractivity contribution in [3.8, 4) is 22.6 Å². The Balaban J connectivity index is 1.38. The van der Waals surface area contributed by atoms with Gasteiger partial charge >= 0.3 is 0 Å². The third-order valence-corrected chi connectivity index (χ3v) is 5.75. The highest BCUT2D eigenvalue weighted by Crippen LogP contribution is 2.32. The molecule has 0 saturated carbocycles. The Morgan fingerprint density at radius 3 is 2.55 bits per heavy atom. The van der Waals surface area contributed by atoms with Gasteiger partial charge in [-0.15, -0.1) is 0 Å². The fourth-order valence-corrected chi connectivity index (χ4v) is 4.08. The van der Waals surface area contributed by atoms with Gasteiger partial charge in [-0.1, -0.05) is 30.3 Å². The number of amides is 1. The van der Waals surface area contributed by atoms with Crippen LogP contribution < -0.4 is 20.1 Å². The lowest BCUT2D eigenvalue weighted by Crippen LogP contribution is -2.28. The number of fused-ring (bicyclic) bond motifs is 1. The number of aromatic nitrogens is 1. The van der Waals surface area contributed by atoms with Crippen molar-refractivity contribution in [3.05, 3.63) is 72.3 Å². The lowest BCUT2D eigenvalue weighted by molar-refractivity contribution is 0.0955. The second-order valence-corrected chi connectivity index (χ2v) is 7.67. The largest absolute Gasteiger partial charge is 0.493 e. The lowest BCUT2D eigenvalue weighted by atomic mass is 10.0. The molecule has 0 atom stereocenters. The fraction of sp³-hybridized carbons (Fsp3) is 0.167. The maximum atomic E-state index is 12.6. The molecule has 4 rings (SSSR count). The molecule has 158 valence electrons. The molecule has 0 saturated heterocycles. The molecule has 31 heavy (non-hydrogen) atoms. The zero-order valence-electron chi connectivity index (χ0n) is 17.3. The van der Waals surface area contributed by atoms with E-state index in [0.29, 0.717) is 30.2 Å². The van der Waals surface area contributed by atoms with Crippen LogP contribution in [-0.4, -0.2) is 37.6 Å². The second kappa shape index (κ2) is 9.49. The molecule has 7 heteroatoms. The average Bonchev–Trinajstić information content (AvgIpc) is 3.24. The van der Waals surface area contributed by atoms with Gasteiger partial charge in [-0.05, 0) is 59.1 Å². The van der Waals surface area contributed by atoms with Crippen LogP contribution in [0.15, 0.2) is 66.7 Å². The summed E-state index contributed by atoms with van der Waals surface area (Å²) < 4.78 is 16.3. The number of nitrogens with one attached hydrogen (secondary N) is 2. The van der Waals surface area contributed by atoms with Gasteiger partial charge in [0, 0.05) is 24.0 Å². The average molecular weight is 434 g/mol. The monoisotopic (exact) mass is 433 g/mol. The molecule has 6 nitrogen and oxygen atoms in total. The molecule has 0 aliphatic heterocycles. The molecule has 2 N–H and O–H groups in total. The first kappa shape index (κ1) is 20.7. The van der Waals surface area contributed by atoms with E-state index in [1.165, 1.54) is 11.5 Å². The van der Waals surface area contributed by atoms with Gasteiger partial charge in [0.2, 0.25) is 0 Å². The standard InChI is InChI=1S/C24H23N3O3S/c1-29-20-11-10-17(15-21(20)30-2)16-6-5-7-18(14-16)24(28)26-13-12-25-23-19-8-3-4-9-22(19)31-27-23/h3-11,14-15H,12-13H2,1-2H3,(H,25,27)(H,26,28). The number of benzene rings is 3. The maximum Gasteiger partial charge on any atom is 0.251 e. The number of hydrogen-bond acceptors (Lipinski definition) is 6. The van der Waals surface area contributed by atoms with E-state index in [9.17, 15) is 4.79 Å². The number of methoxy groups -OCH3 is 2. The minimum atomic E-state index is -0.118. The zero-order valence-corrected chi connectivity index (χ0v) is 18.2. The van der Waals surface area contributed by atoms with E-state index in [1.807, 2.05) is 60.7 Å². The second-order valence-electron chi connectivity index (χ2n) is 6.86. The van der Waals surface area contributed by atoms with Crippen molar-refractivity contribution in [1.29, 1.82) is 0 Å². The Hall–Kier alpha value is -3.58. The molecule has 1 heterocycles. The molecule has 0 fully saturated rings. The molecule has 3 aromatic carbocycles. The van der Waals surface area contributed by atoms with Crippen LogP contribution in [0.4, 0.5) is 5.82 Å². The highest BCUT2D eigenvalue weighted by Gasteiger charge is 2.10. The number of hydrogen-bond donors (Lipinski definition) is 2. The van der Waals surface area contributed by atoms with Gasteiger partial charge in [0.05, 0.1) is 18.9 Å². The highest BCUT2D eigenvalue weighted by molar-refractivity contribution is 7.13. The summed E-state index contributed by atoms with van der Waals surface area (Å²) in [6, 6.07) is 21.3. The molecular weight excluding hydrogens is 410 g/mol. The fourth-order valence-electron chi connectivity index (χ4n) is 3.33. The Labute approximate surface area is 185 Å². The lowest BCUT2D eigenvalue weighted by Gasteiger charge is -2.11. The van der Waals surface area contributed by atoms with E-state index in [0.717, 1.165) is 27.0 Å². The third-order valence-electron chi connectivity index (χ3n) is 4.92. The molecule has 4 aromatic rings. The van der Waals surface area contributed by atoms with Crippen molar-refractivity contribution < 1.29 is 14.3 Å². The third kappa shape index (κ3) is 4.62. The van der Waals surface area contributed by atoms with E-state index in [1.54, 1.807) is 20.3 Å². The van der Waals surface area contributed by atoms with Gasteiger partial charge in [-0.25, -0.2) is 0 Å². The SMILES string of the molecule is COc1ccc(-c2cccc(C(=O)NCCNc3nsc4ccccc34)c2)cc1OC. The van der Waals surface area contributed by atoms with Crippen LogP contribution in [-0.2, 0) is 0 Å². The van der Waals surface area contributed by atoms with Gasteiger partial charge in [0.15, 0.2) is 11.5 Å². The summed E-state index contributed by atoms with van der Waals surface area (Å²) in [7, 11) is 3.21. The van der Waals surface area contributed by atoms with Crippen molar-refractivity contribution in [1.82, 2.24) is 9.69 Å². The van der Waals surface area contributed by atoms with Gasteiger partial charge in [0.25, 0.3) is 5.91 Å². The summed E-state index contributed by atoms with van der Waals surface area (Å²) in [6.07, 6.45) is 0. The molecule has 0 radical (unpaired) electrons. The molecule has 0 aliphatic rings. The number of rotatable bonds is 8. The summed E-state index contributed by atoms with van der Waals surface area (Å²) in [5, 5.41) is 7.35.